The van der Waals surface area contributed by atoms with Crippen LogP contribution >= 0.6 is 63.7 Å². The van der Waals surface area contributed by atoms with Gasteiger partial charge in [0, 0.05) is 35.6 Å². The van der Waals surface area contributed by atoms with Gasteiger partial charge < -0.3 is 11.5 Å². The van der Waals surface area contributed by atoms with E-state index in [1.807, 2.05) is 38.1 Å². The molecule has 0 atom stereocenters. The maximum Gasteiger partial charge on any atom is 0.0833 e. The van der Waals surface area contributed by atoms with Gasteiger partial charge in [-0.2, -0.15) is 0 Å². The van der Waals surface area contributed by atoms with Gasteiger partial charge in [-0.3, -0.25) is 0 Å². The van der Waals surface area contributed by atoms with Gasteiger partial charge in [0.15, 0.2) is 0 Å². The van der Waals surface area contributed by atoms with Crippen LogP contribution in [0.25, 0.3) is 0 Å². The van der Waals surface area contributed by atoms with E-state index in [1.54, 1.807) is 0 Å². The second-order valence-corrected chi connectivity index (χ2v) is 8.80. The molecule has 0 spiro atoms. The topological polar surface area (TPSA) is 52.0 Å². The molecule has 118 valence electrons. The van der Waals surface area contributed by atoms with Gasteiger partial charge in [0.05, 0.1) is 5.54 Å². The van der Waals surface area contributed by atoms with Crippen LogP contribution in [-0.4, -0.2) is 6.54 Å². The summed E-state index contributed by atoms with van der Waals surface area (Å²) in [7, 11) is 0. The van der Waals surface area contributed by atoms with Crippen molar-refractivity contribution in [3.63, 3.8) is 0 Å². The van der Waals surface area contributed by atoms with E-state index in [1.165, 1.54) is 0 Å². The van der Waals surface area contributed by atoms with Crippen molar-refractivity contribution in [2.75, 3.05) is 6.54 Å². The molecule has 0 saturated carbocycles. The highest BCUT2D eigenvalue weighted by Gasteiger charge is 2.35. The zero-order chi connectivity index (χ0) is 16.7. The maximum absolute atomic E-state index is 6.80. The number of hydrogen-bond acceptors (Lipinski definition) is 2. The molecule has 0 radical (unpaired) electrons. The number of halogens is 4. The predicted octanol–water partition coefficient (Wildman–Crippen LogP) is 5.51. The van der Waals surface area contributed by atoms with Crippen molar-refractivity contribution in [1.29, 1.82) is 0 Å². The second kappa shape index (κ2) is 7.03. The first-order valence-corrected chi connectivity index (χ1v) is 9.79. The second-order valence-electron chi connectivity index (χ2n) is 5.38. The molecule has 0 saturated heterocycles. The van der Waals surface area contributed by atoms with Crippen LogP contribution in [0.2, 0.25) is 0 Å². The lowest BCUT2D eigenvalue weighted by Gasteiger charge is -2.33. The van der Waals surface area contributed by atoms with Gasteiger partial charge in [-0.05, 0) is 49.2 Å². The number of nitrogens with two attached hydrogens (primary N) is 2. The highest BCUT2D eigenvalue weighted by atomic mass is 79.9. The normalized spacial score (nSPS) is 11.8. The number of rotatable bonds is 3. The third kappa shape index (κ3) is 3.37. The summed E-state index contributed by atoms with van der Waals surface area (Å²) >= 11 is 14.6. The van der Waals surface area contributed by atoms with Gasteiger partial charge in [-0.15, -0.1) is 0 Å². The monoisotopic (exact) mass is 552 g/mol. The molecule has 0 amide bonds. The zero-order valence-electron chi connectivity index (χ0n) is 12.2. The minimum Gasteiger partial charge on any atom is -0.328 e. The van der Waals surface area contributed by atoms with Crippen molar-refractivity contribution in [2.45, 2.75) is 19.4 Å². The van der Waals surface area contributed by atoms with Gasteiger partial charge in [0.25, 0.3) is 0 Å². The third-order valence-electron chi connectivity index (χ3n) is 3.59. The van der Waals surface area contributed by atoms with E-state index in [0.29, 0.717) is 0 Å². The fourth-order valence-corrected chi connectivity index (χ4v) is 6.83. The molecule has 0 fully saturated rings. The Morgan fingerprint density at radius 2 is 1.05 bits per heavy atom. The number of benzene rings is 2. The van der Waals surface area contributed by atoms with Gasteiger partial charge in [0.2, 0.25) is 0 Å². The van der Waals surface area contributed by atoms with E-state index >= 15 is 0 Å². The van der Waals surface area contributed by atoms with Crippen molar-refractivity contribution in [2.24, 2.45) is 11.5 Å². The molecule has 4 N–H and O–H groups in total. The van der Waals surface area contributed by atoms with Crippen LogP contribution in [0.15, 0.2) is 42.2 Å². The molecule has 0 aliphatic rings. The molecular formula is C16H16Br4N2. The molecule has 0 bridgehead atoms. The van der Waals surface area contributed by atoms with Crippen molar-refractivity contribution in [3.05, 3.63) is 64.4 Å². The van der Waals surface area contributed by atoms with Gasteiger partial charge >= 0.3 is 0 Å². The van der Waals surface area contributed by atoms with Gasteiger partial charge in [0.1, 0.15) is 0 Å². The third-order valence-corrected chi connectivity index (χ3v) is 6.09. The molecule has 6 heteroatoms. The Labute approximate surface area is 164 Å². The summed E-state index contributed by atoms with van der Waals surface area (Å²) in [5.74, 6) is 0. The largest absolute Gasteiger partial charge is 0.328 e. The Hall–Kier alpha value is 0.280. The van der Waals surface area contributed by atoms with E-state index in [0.717, 1.165) is 40.1 Å². The van der Waals surface area contributed by atoms with E-state index < -0.39 is 5.54 Å². The van der Waals surface area contributed by atoms with Crippen LogP contribution in [0, 0.1) is 13.8 Å². The molecule has 2 aromatic rings. The smallest absolute Gasteiger partial charge is 0.0833 e. The summed E-state index contributed by atoms with van der Waals surface area (Å²) in [4.78, 5) is 0. The summed E-state index contributed by atoms with van der Waals surface area (Å²) in [5.41, 5.74) is 16.2. The predicted molar refractivity (Wildman–Crippen MR) is 107 cm³/mol. The lowest BCUT2D eigenvalue weighted by atomic mass is 9.83. The number of hydrogen-bond donors (Lipinski definition) is 2. The summed E-state index contributed by atoms with van der Waals surface area (Å²) in [6, 6.07) is 8.20. The Balaban J connectivity index is 2.80. The van der Waals surface area contributed by atoms with Gasteiger partial charge in [-0.1, -0.05) is 63.7 Å². The van der Waals surface area contributed by atoms with Crippen LogP contribution in [0.4, 0.5) is 0 Å². The Morgan fingerprint density at radius 1 is 0.773 bits per heavy atom. The van der Waals surface area contributed by atoms with Crippen molar-refractivity contribution >= 4 is 63.7 Å². The van der Waals surface area contributed by atoms with E-state index in [2.05, 4.69) is 63.7 Å². The fourth-order valence-electron chi connectivity index (χ4n) is 2.58. The van der Waals surface area contributed by atoms with E-state index in [9.17, 15) is 0 Å². The molecule has 0 unspecified atom stereocenters. The van der Waals surface area contributed by atoms with Crippen LogP contribution in [0.3, 0.4) is 0 Å². The molecular weight excluding hydrogens is 540 g/mol. The molecule has 0 aliphatic carbocycles. The van der Waals surface area contributed by atoms with Crippen LogP contribution in [0.1, 0.15) is 22.3 Å². The molecule has 0 heterocycles. The Morgan fingerprint density at radius 3 is 1.27 bits per heavy atom. The van der Waals surface area contributed by atoms with Crippen LogP contribution in [0.5, 0.6) is 0 Å². The van der Waals surface area contributed by atoms with E-state index in [-0.39, 0.29) is 6.54 Å². The average molecular weight is 556 g/mol. The Kier molecular flexibility index (Phi) is 5.95. The summed E-state index contributed by atoms with van der Waals surface area (Å²) in [5, 5.41) is 0. The highest BCUT2D eigenvalue weighted by Crippen LogP contribution is 2.43. The summed E-state index contributed by atoms with van der Waals surface area (Å²) in [6.07, 6.45) is 0. The zero-order valence-corrected chi connectivity index (χ0v) is 18.5. The Bertz CT molecular complexity index is 625. The van der Waals surface area contributed by atoms with Crippen molar-refractivity contribution in [1.82, 2.24) is 0 Å². The van der Waals surface area contributed by atoms with E-state index in [4.69, 9.17) is 11.5 Å². The van der Waals surface area contributed by atoms with Crippen molar-refractivity contribution in [3.8, 4) is 0 Å². The number of aryl methyl sites for hydroxylation is 2. The summed E-state index contributed by atoms with van der Waals surface area (Å²) < 4.78 is 3.75. The lowest BCUT2D eigenvalue weighted by Crippen LogP contribution is -2.46. The van der Waals surface area contributed by atoms with Crippen molar-refractivity contribution < 1.29 is 0 Å². The summed E-state index contributed by atoms with van der Waals surface area (Å²) in [6.45, 7) is 4.35. The molecule has 0 aromatic heterocycles. The first-order chi connectivity index (χ1) is 10.2. The quantitative estimate of drug-likeness (QED) is 0.524. The molecule has 22 heavy (non-hydrogen) atoms. The average Bonchev–Trinajstić information content (AvgIpc) is 2.35. The minimum absolute atomic E-state index is 0.271. The SMILES string of the molecule is Cc1cc(Br)c(C(N)(CN)c2c(Br)cc(C)cc2Br)c(Br)c1. The molecule has 2 aromatic carbocycles. The standard InChI is InChI=1S/C16H16Br4N2/c1-8-3-10(17)14(11(18)4-8)16(22,7-21)15-12(19)5-9(2)6-13(15)20/h3-6H,7,21-22H2,1-2H3. The van der Waals surface area contributed by atoms with Crippen LogP contribution in [-0.2, 0) is 5.54 Å². The highest BCUT2D eigenvalue weighted by molar-refractivity contribution is 9.11. The van der Waals surface area contributed by atoms with Gasteiger partial charge in [-0.25, -0.2) is 0 Å². The minimum atomic E-state index is -0.837. The maximum atomic E-state index is 6.80. The lowest BCUT2D eigenvalue weighted by molar-refractivity contribution is 0.541. The molecule has 2 nitrogen and oxygen atoms in total. The first-order valence-electron chi connectivity index (χ1n) is 6.62. The van der Waals surface area contributed by atoms with Crippen LogP contribution < -0.4 is 11.5 Å². The first kappa shape index (κ1) is 18.6. The fraction of sp³-hybridized carbons (Fsp3) is 0.250. The molecule has 0 aliphatic heterocycles. The molecule has 2 rings (SSSR count).